The highest BCUT2D eigenvalue weighted by Gasteiger charge is 2.45. The van der Waals surface area contributed by atoms with E-state index in [2.05, 4.69) is 6.58 Å². The first-order valence-electron chi connectivity index (χ1n) is 9.49. The fourth-order valence-corrected chi connectivity index (χ4v) is 3.59. The molecule has 3 rings (SSSR count). The van der Waals surface area contributed by atoms with Gasteiger partial charge in [0.15, 0.2) is 5.78 Å². The number of aliphatic hydroxyl groups is 1. The molecule has 1 aliphatic carbocycles. The second kappa shape index (κ2) is 8.35. The van der Waals surface area contributed by atoms with E-state index in [1.54, 1.807) is 27.0 Å². The Hall–Kier alpha value is -2.70. The van der Waals surface area contributed by atoms with Gasteiger partial charge in [0.25, 0.3) is 0 Å². The predicted octanol–water partition coefficient (Wildman–Crippen LogP) is 2.90. The molecular formula is C23H26O6. The molecule has 1 fully saturated rings. The maximum atomic E-state index is 12.2. The van der Waals surface area contributed by atoms with Crippen LogP contribution >= 0.6 is 0 Å². The Bertz CT molecular complexity index is 862. The van der Waals surface area contributed by atoms with E-state index in [0.717, 1.165) is 11.3 Å². The molecule has 1 aliphatic heterocycles. The highest BCUT2D eigenvalue weighted by atomic mass is 16.6. The zero-order valence-corrected chi connectivity index (χ0v) is 16.9. The average molecular weight is 398 g/mol. The van der Waals surface area contributed by atoms with E-state index in [-0.39, 0.29) is 24.4 Å². The van der Waals surface area contributed by atoms with Crippen LogP contribution in [0, 0.1) is 5.92 Å². The average Bonchev–Trinajstić information content (AvgIpc) is 2.96. The lowest BCUT2D eigenvalue weighted by atomic mass is 9.82. The summed E-state index contributed by atoms with van der Waals surface area (Å²) in [6.07, 6.45) is 3.42. The Morgan fingerprint density at radius 1 is 1.28 bits per heavy atom. The highest BCUT2D eigenvalue weighted by Crippen LogP contribution is 2.37. The van der Waals surface area contributed by atoms with E-state index in [1.165, 1.54) is 12.2 Å². The number of ketones is 1. The smallest absolute Gasteiger partial charge is 0.334 e. The van der Waals surface area contributed by atoms with Gasteiger partial charge >= 0.3 is 5.97 Å². The fourth-order valence-electron chi connectivity index (χ4n) is 3.59. The number of methoxy groups -OCH3 is 1. The van der Waals surface area contributed by atoms with Gasteiger partial charge in [-0.2, -0.15) is 0 Å². The molecule has 2 aliphatic rings. The molecule has 0 unspecified atom stereocenters. The minimum Gasteiger partial charge on any atom is -0.497 e. The second-order valence-corrected chi connectivity index (χ2v) is 7.73. The molecule has 0 bridgehead atoms. The van der Waals surface area contributed by atoms with Crippen molar-refractivity contribution in [1.82, 2.24) is 0 Å². The van der Waals surface area contributed by atoms with Crippen LogP contribution in [0.5, 0.6) is 5.75 Å². The second-order valence-electron chi connectivity index (χ2n) is 7.73. The molecule has 0 saturated carbocycles. The number of carbonyl (C=O) groups is 2. The monoisotopic (exact) mass is 398 g/mol. The van der Waals surface area contributed by atoms with Gasteiger partial charge in [0, 0.05) is 12.0 Å². The first kappa shape index (κ1) is 21.0. The molecule has 1 aromatic rings. The minimum atomic E-state index is -1.30. The van der Waals surface area contributed by atoms with Crippen molar-refractivity contribution in [3.63, 3.8) is 0 Å². The van der Waals surface area contributed by atoms with Crippen LogP contribution in [-0.4, -0.2) is 41.8 Å². The van der Waals surface area contributed by atoms with Gasteiger partial charge in [-0.1, -0.05) is 18.7 Å². The zero-order valence-electron chi connectivity index (χ0n) is 16.9. The third-order valence-corrected chi connectivity index (χ3v) is 5.30. The summed E-state index contributed by atoms with van der Waals surface area (Å²) in [4.78, 5) is 24.4. The van der Waals surface area contributed by atoms with Gasteiger partial charge < -0.3 is 19.3 Å². The first-order valence-corrected chi connectivity index (χ1v) is 9.49. The fraction of sp³-hybridized carbons (Fsp3) is 0.391. The number of carbonyl (C=O) groups excluding carboxylic acids is 2. The normalized spacial score (nSPS) is 32.8. The lowest BCUT2D eigenvalue weighted by molar-refractivity contribution is -0.138. The molecular weight excluding hydrogens is 372 g/mol. The summed E-state index contributed by atoms with van der Waals surface area (Å²) >= 11 is 0. The molecule has 6 nitrogen and oxygen atoms in total. The zero-order chi connectivity index (χ0) is 21.2. The van der Waals surface area contributed by atoms with Crippen LogP contribution in [0.1, 0.15) is 25.8 Å². The summed E-state index contributed by atoms with van der Waals surface area (Å²) in [5, 5.41) is 10.8. The summed E-state index contributed by atoms with van der Waals surface area (Å²) < 4.78 is 16.8. The largest absolute Gasteiger partial charge is 0.497 e. The van der Waals surface area contributed by atoms with Crippen LogP contribution in [0.25, 0.3) is 0 Å². The third kappa shape index (κ3) is 4.83. The molecule has 1 heterocycles. The van der Waals surface area contributed by atoms with Crippen LogP contribution < -0.4 is 4.74 Å². The molecule has 1 saturated heterocycles. The number of benzene rings is 1. The Kier molecular flexibility index (Phi) is 6.05. The van der Waals surface area contributed by atoms with E-state index in [4.69, 9.17) is 14.2 Å². The summed E-state index contributed by atoms with van der Waals surface area (Å²) in [5.74, 6) is -0.507. The first-order chi connectivity index (χ1) is 13.7. The summed E-state index contributed by atoms with van der Waals surface area (Å²) in [6, 6.07) is 7.46. The Balaban J connectivity index is 1.90. The Morgan fingerprint density at radius 2 is 1.97 bits per heavy atom. The van der Waals surface area contributed by atoms with Crippen LogP contribution in [0.3, 0.4) is 0 Å². The van der Waals surface area contributed by atoms with Crippen molar-refractivity contribution in [3.05, 3.63) is 65.8 Å². The number of hydrogen-bond acceptors (Lipinski definition) is 6. The van der Waals surface area contributed by atoms with Gasteiger partial charge in [0.1, 0.15) is 11.9 Å². The molecule has 0 aromatic heterocycles. The van der Waals surface area contributed by atoms with Crippen molar-refractivity contribution in [2.24, 2.45) is 5.92 Å². The van der Waals surface area contributed by atoms with Crippen LogP contribution in [0.4, 0.5) is 0 Å². The number of esters is 1. The molecule has 0 radical (unpaired) electrons. The summed E-state index contributed by atoms with van der Waals surface area (Å²) in [5.41, 5.74) is 0.346. The molecule has 29 heavy (non-hydrogen) atoms. The van der Waals surface area contributed by atoms with Crippen molar-refractivity contribution in [1.29, 1.82) is 0 Å². The molecule has 4 atom stereocenters. The number of hydrogen-bond donors (Lipinski definition) is 1. The SMILES string of the molecule is C=C1C(=O)O[C@@H]2/C=C(/C)C(=O)/C=C/[C@](C)(O)C[C@@H](OCc3ccc(OC)cc3)[C@@H]12. The van der Waals surface area contributed by atoms with Gasteiger partial charge in [-0.3, -0.25) is 4.79 Å². The maximum Gasteiger partial charge on any atom is 0.334 e. The summed E-state index contributed by atoms with van der Waals surface area (Å²) in [7, 11) is 1.60. The lowest BCUT2D eigenvalue weighted by Gasteiger charge is -2.32. The number of allylic oxidation sites excluding steroid dienone is 2. The number of rotatable bonds is 4. The Morgan fingerprint density at radius 3 is 2.62 bits per heavy atom. The lowest BCUT2D eigenvalue weighted by Crippen LogP contribution is -2.38. The van der Waals surface area contributed by atoms with Crippen LogP contribution in [-0.2, 0) is 25.7 Å². The van der Waals surface area contributed by atoms with E-state index < -0.39 is 29.7 Å². The highest BCUT2D eigenvalue weighted by molar-refractivity contribution is 6.03. The Labute approximate surface area is 170 Å². The van der Waals surface area contributed by atoms with Gasteiger partial charge in [-0.05, 0) is 55.3 Å². The number of fused-ring (bicyclic) bond motifs is 1. The standard InChI is InChI=1S/C23H26O6/c1-14-11-19-21(15(2)22(25)29-19)20(12-23(3,26)10-9-18(14)24)28-13-16-5-7-17(27-4)8-6-16/h5-11,19-21,26H,2,12-13H2,1,3-4H3/b10-9+,14-11-/t19-,20-,21+,23+/m1/s1. The van der Waals surface area contributed by atoms with Gasteiger partial charge in [0.05, 0.1) is 31.3 Å². The molecule has 154 valence electrons. The van der Waals surface area contributed by atoms with Gasteiger partial charge in [-0.15, -0.1) is 0 Å². The quantitative estimate of drug-likeness (QED) is 0.620. The molecule has 1 N–H and O–H groups in total. The molecule has 1 aromatic carbocycles. The van der Waals surface area contributed by atoms with E-state index in [1.807, 2.05) is 24.3 Å². The van der Waals surface area contributed by atoms with Crippen molar-refractivity contribution in [2.75, 3.05) is 7.11 Å². The van der Waals surface area contributed by atoms with Gasteiger partial charge in [0.2, 0.25) is 0 Å². The topological polar surface area (TPSA) is 82.1 Å². The van der Waals surface area contributed by atoms with Crippen LogP contribution in [0.2, 0.25) is 0 Å². The van der Waals surface area contributed by atoms with Crippen molar-refractivity contribution < 1.29 is 28.9 Å². The third-order valence-electron chi connectivity index (χ3n) is 5.30. The molecule has 0 amide bonds. The predicted molar refractivity (Wildman–Crippen MR) is 107 cm³/mol. The summed E-state index contributed by atoms with van der Waals surface area (Å²) in [6.45, 7) is 7.42. The van der Waals surface area contributed by atoms with Crippen molar-refractivity contribution >= 4 is 11.8 Å². The van der Waals surface area contributed by atoms with E-state index in [0.29, 0.717) is 5.57 Å². The maximum absolute atomic E-state index is 12.2. The number of ether oxygens (including phenoxy) is 3. The van der Waals surface area contributed by atoms with Gasteiger partial charge in [-0.25, -0.2) is 4.79 Å². The molecule has 6 heteroatoms. The van der Waals surface area contributed by atoms with Crippen molar-refractivity contribution in [3.8, 4) is 5.75 Å². The minimum absolute atomic E-state index is 0.177. The van der Waals surface area contributed by atoms with E-state index >= 15 is 0 Å². The van der Waals surface area contributed by atoms with Crippen LogP contribution in [0.15, 0.2) is 60.2 Å². The molecule has 0 spiro atoms. The van der Waals surface area contributed by atoms with Crippen molar-refractivity contribution in [2.45, 2.75) is 44.7 Å². The van der Waals surface area contributed by atoms with E-state index in [9.17, 15) is 14.7 Å².